The van der Waals surface area contributed by atoms with Crippen molar-refractivity contribution < 1.29 is 18.3 Å². The first kappa shape index (κ1) is 18.8. The van der Waals surface area contributed by atoms with Crippen LogP contribution >= 0.6 is 11.3 Å². The smallest absolute Gasteiger partial charge is 0.252 e. The van der Waals surface area contributed by atoms with Gasteiger partial charge in [-0.3, -0.25) is 4.79 Å². The molecular weight excluding hydrogens is 360 g/mol. The number of hydrogen-bond acceptors (Lipinski definition) is 5. The third-order valence-corrected chi connectivity index (χ3v) is 8.60. The zero-order valence-corrected chi connectivity index (χ0v) is 16.1. The van der Waals surface area contributed by atoms with E-state index in [4.69, 9.17) is 0 Å². The Bertz CT molecular complexity index is 690. The van der Waals surface area contributed by atoms with Crippen LogP contribution in [0.15, 0.2) is 21.7 Å². The topological polar surface area (TPSA) is 77.9 Å². The predicted octanol–water partition coefficient (Wildman–Crippen LogP) is 1.91. The molecule has 2 fully saturated rings. The van der Waals surface area contributed by atoms with Crippen LogP contribution in [-0.4, -0.2) is 60.9 Å². The second kappa shape index (κ2) is 7.73. The van der Waals surface area contributed by atoms with Crippen LogP contribution in [0.25, 0.3) is 0 Å². The first-order chi connectivity index (χ1) is 11.9. The summed E-state index contributed by atoms with van der Waals surface area (Å²) >= 11 is 1.20. The Morgan fingerprint density at radius 2 is 2.04 bits per heavy atom. The van der Waals surface area contributed by atoms with E-state index >= 15 is 0 Å². The molecule has 0 bridgehead atoms. The highest BCUT2D eigenvalue weighted by molar-refractivity contribution is 7.91. The largest absolute Gasteiger partial charge is 0.391 e. The monoisotopic (exact) mass is 386 g/mol. The molecule has 1 amide bonds. The molecule has 1 saturated carbocycles. The number of amides is 1. The maximum Gasteiger partial charge on any atom is 0.252 e. The molecule has 0 radical (unpaired) electrons. The Hall–Kier alpha value is -0.960. The summed E-state index contributed by atoms with van der Waals surface area (Å²) in [6.45, 7) is 0.687. The molecule has 1 aromatic rings. The minimum Gasteiger partial charge on any atom is -0.391 e. The summed E-state index contributed by atoms with van der Waals surface area (Å²) < 4.78 is 27.2. The molecule has 1 aliphatic heterocycles. The van der Waals surface area contributed by atoms with Gasteiger partial charge < -0.3 is 10.0 Å². The van der Waals surface area contributed by atoms with E-state index in [2.05, 4.69) is 0 Å². The normalized spacial score (nSPS) is 28.6. The highest BCUT2D eigenvalue weighted by Crippen LogP contribution is 2.29. The summed E-state index contributed by atoms with van der Waals surface area (Å²) in [5, 5.41) is 11.9. The Morgan fingerprint density at radius 3 is 2.72 bits per heavy atom. The van der Waals surface area contributed by atoms with Crippen LogP contribution in [-0.2, 0) is 14.8 Å². The lowest BCUT2D eigenvalue weighted by Crippen LogP contribution is -2.51. The van der Waals surface area contributed by atoms with Crippen molar-refractivity contribution in [1.29, 1.82) is 0 Å². The number of rotatable bonds is 4. The van der Waals surface area contributed by atoms with Gasteiger partial charge in [-0.15, -0.1) is 11.3 Å². The van der Waals surface area contributed by atoms with Gasteiger partial charge in [0.25, 0.3) is 10.0 Å². The quantitative estimate of drug-likeness (QED) is 0.857. The summed E-state index contributed by atoms with van der Waals surface area (Å²) in [5.74, 6) is -0.375. The summed E-state index contributed by atoms with van der Waals surface area (Å²) in [4.78, 5) is 14.6. The van der Waals surface area contributed by atoms with Crippen molar-refractivity contribution in [1.82, 2.24) is 9.21 Å². The number of aliphatic hydroxyl groups excluding tert-OH is 1. The molecule has 2 aliphatic rings. The minimum absolute atomic E-state index is 0.0444. The first-order valence-corrected chi connectivity index (χ1v) is 11.2. The van der Waals surface area contributed by atoms with Crippen LogP contribution in [0.2, 0.25) is 0 Å². The van der Waals surface area contributed by atoms with Gasteiger partial charge in [0, 0.05) is 20.1 Å². The Morgan fingerprint density at radius 1 is 1.28 bits per heavy atom. The molecule has 140 valence electrons. The second-order valence-electron chi connectivity index (χ2n) is 7.00. The number of likely N-dealkylation sites (N-methyl/N-ethyl adjacent to an activating group) is 1. The third-order valence-electron chi connectivity index (χ3n) is 5.36. The van der Waals surface area contributed by atoms with Gasteiger partial charge in [0.2, 0.25) is 5.91 Å². The summed E-state index contributed by atoms with van der Waals surface area (Å²) in [6, 6.07) is 3.18. The van der Waals surface area contributed by atoms with E-state index in [1.807, 2.05) is 0 Å². The van der Waals surface area contributed by atoms with E-state index in [9.17, 15) is 18.3 Å². The van der Waals surface area contributed by atoms with Gasteiger partial charge in [-0.25, -0.2) is 8.42 Å². The van der Waals surface area contributed by atoms with E-state index < -0.39 is 16.1 Å². The molecule has 3 atom stereocenters. The summed E-state index contributed by atoms with van der Waals surface area (Å²) in [5.41, 5.74) is 0. The van der Waals surface area contributed by atoms with Gasteiger partial charge in [-0.1, -0.05) is 18.9 Å². The molecule has 1 aromatic heterocycles. The van der Waals surface area contributed by atoms with Gasteiger partial charge in [0.05, 0.1) is 18.1 Å². The molecule has 2 heterocycles. The zero-order chi connectivity index (χ0) is 18.0. The van der Waals surface area contributed by atoms with Gasteiger partial charge >= 0.3 is 0 Å². The van der Waals surface area contributed by atoms with Crippen molar-refractivity contribution in [2.24, 2.45) is 5.92 Å². The van der Waals surface area contributed by atoms with Crippen molar-refractivity contribution in [2.45, 2.75) is 54.9 Å². The average Bonchev–Trinajstić information content (AvgIpc) is 3.16. The molecule has 0 aromatic carbocycles. The third kappa shape index (κ3) is 3.92. The van der Waals surface area contributed by atoms with Crippen molar-refractivity contribution >= 4 is 27.3 Å². The number of nitrogens with zero attached hydrogens (tertiary/aromatic N) is 2. The fraction of sp³-hybridized carbons (Fsp3) is 0.706. The van der Waals surface area contributed by atoms with Gasteiger partial charge in [-0.05, 0) is 37.1 Å². The lowest BCUT2D eigenvalue weighted by Gasteiger charge is -2.39. The van der Waals surface area contributed by atoms with Crippen molar-refractivity contribution in [2.75, 3.05) is 20.1 Å². The first-order valence-electron chi connectivity index (χ1n) is 8.89. The SMILES string of the molecule is CN(C(=O)[C@@H]1CCCN(S(=O)(=O)c2cccs2)C1)[C@H]1CCCC[C@@H]1O. The van der Waals surface area contributed by atoms with Crippen LogP contribution in [0.4, 0.5) is 0 Å². The maximum absolute atomic E-state index is 12.9. The molecule has 8 heteroatoms. The lowest BCUT2D eigenvalue weighted by molar-refractivity contribution is -0.140. The van der Waals surface area contributed by atoms with Crippen LogP contribution in [0.3, 0.4) is 0 Å². The molecule has 6 nitrogen and oxygen atoms in total. The highest BCUT2D eigenvalue weighted by atomic mass is 32.2. The number of hydrogen-bond donors (Lipinski definition) is 1. The number of thiophene rings is 1. The molecule has 1 saturated heterocycles. The summed E-state index contributed by atoms with van der Waals surface area (Å²) in [7, 11) is -1.77. The number of carbonyl (C=O) groups is 1. The van der Waals surface area contributed by atoms with Gasteiger partial charge in [0.1, 0.15) is 4.21 Å². The van der Waals surface area contributed by atoms with Gasteiger partial charge in [0.15, 0.2) is 0 Å². The highest BCUT2D eigenvalue weighted by Gasteiger charge is 2.37. The van der Waals surface area contributed by atoms with Crippen LogP contribution in [0.1, 0.15) is 38.5 Å². The van der Waals surface area contributed by atoms with Crippen molar-refractivity contribution in [3.05, 3.63) is 17.5 Å². The Kier molecular flexibility index (Phi) is 5.82. The fourth-order valence-corrected chi connectivity index (χ4v) is 6.56. The molecule has 0 spiro atoms. The lowest BCUT2D eigenvalue weighted by atomic mass is 9.90. The minimum atomic E-state index is -3.51. The van der Waals surface area contributed by atoms with E-state index in [1.165, 1.54) is 15.6 Å². The van der Waals surface area contributed by atoms with E-state index in [-0.39, 0.29) is 24.4 Å². The van der Waals surface area contributed by atoms with Crippen molar-refractivity contribution in [3.8, 4) is 0 Å². The molecule has 25 heavy (non-hydrogen) atoms. The second-order valence-corrected chi connectivity index (χ2v) is 10.1. The molecule has 1 N–H and O–H groups in total. The van der Waals surface area contributed by atoms with Gasteiger partial charge in [-0.2, -0.15) is 4.31 Å². The zero-order valence-electron chi connectivity index (χ0n) is 14.5. The number of aliphatic hydroxyl groups is 1. The van der Waals surface area contributed by atoms with E-state index in [0.29, 0.717) is 23.6 Å². The van der Waals surface area contributed by atoms with Crippen molar-refractivity contribution in [3.63, 3.8) is 0 Å². The van der Waals surface area contributed by atoms with Crippen LogP contribution in [0.5, 0.6) is 0 Å². The predicted molar refractivity (Wildman–Crippen MR) is 96.8 cm³/mol. The Labute approximate surface area is 153 Å². The van der Waals surface area contributed by atoms with Crippen LogP contribution < -0.4 is 0 Å². The standard InChI is InChI=1S/C17H26N2O4S2/c1-18(14-7-2-3-8-15(14)20)17(21)13-6-4-10-19(12-13)25(22,23)16-9-5-11-24-16/h5,9,11,13-15,20H,2-4,6-8,10,12H2,1H3/t13-,14+,15+/m1/s1. The fourth-order valence-electron chi connectivity index (χ4n) is 3.89. The van der Waals surface area contributed by atoms with E-state index in [1.54, 1.807) is 29.5 Å². The molecule has 0 unspecified atom stereocenters. The number of piperidine rings is 1. The molecule has 1 aliphatic carbocycles. The van der Waals surface area contributed by atoms with Crippen LogP contribution in [0, 0.1) is 5.92 Å². The molecular formula is C17H26N2O4S2. The average molecular weight is 387 g/mol. The number of carbonyl (C=O) groups excluding carboxylic acids is 1. The molecule has 3 rings (SSSR count). The number of sulfonamides is 1. The maximum atomic E-state index is 12.9. The van der Waals surface area contributed by atoms with E-state index in [0.717, 1.165) is 25.7 Å². The Balaban J connectivity index is 1.69. The summed E-state index contributed by atoms with van der Waals surface area (Å²) in [6.07, 6.45) is 4.46.